The minimum atomic E-state index is -0.398. The standard InChI is InChI=1S/C21H22N4O3/c1-14-8-9-17(28-2)15(13-14)22-20(26)19-23-18(16-7-3-4-12-25(16)19)21(27)24-10-5-6-11-24/h3-4,7-9,12-13H,5-6,10-11H2,1-2H3,(H,22,26). The average Bonchev–Trinajstić information content (AvgIpc) is 3.36. The maximum atomic E-state index is 13.0. The average molecular weight is 378 g/mol. The smallest absolute Gasteiger partial charge is 0.292 e. The molecule has 3 heterocycles. The number of rotatable bonds is 4. The minimum absolute atomic E-state index is 0.131. The number of methoxy groups -OCH3 is 1. The van der Waals surface area contributed by atoms with Crippen LogP contribution in [0.25, 0.3) is 5.52 Å². The number of ether oxygens (including phenoxy) is 1. The lowest BCUT2D eigenvalue weighted by atomic mass is 10.2. The Labute approximate surface area is 162 Å². The highest BCUT2D eigenvalue weighted by molar-refractivity contribution is 6.06. The highest BCUT2D eigenvalue weighted by Gasteiger charge is 2.27. The van der Waals surface area contributed by atoms with Crippen molar-refractivity contribution in [1.29, 1.82) is 0 Å². The molecule has 2 amide bonds. The Kier molecular flexibility index (Phi) is 4.73. The van der Waals surface area contributed by atoms with Crippen molar-refractivity contribution in [3.63, 3.8) is 0 Å². The first-order chi connectivity index (χ1) is 13.6. The van der Waals surface area contributed by atoms with Crippen LogP contribution in [0.4, 0.5) is 5.69 Å². The summed E-state index contributed by atoms with van der Waals surface area (Å²) in [6.45, 7) is 3.40. The molecule has 1 N–H and O–H groups in total. The molecule has 3 aromatic rings. The predicted molar refractivity (Wildman–Crippen MR) is 106 cm³/mol. The number of aryl methyl sites for hydroxylation is 1. The number of anilines is 1. The summed E-state index contributed by atoms with van der Waals surface area (Å²) >= 11 is 0. The van der Waals surface area contributed by atoms with Gasteiger partial charge in [0.25, 0.3) is 11.8 Å². The second-order valence-corrected chi connectivity index (χ2v) is 6.90. The Balaban J connectivity index is 1.72. The van der Waals surface area contributed by atoms with Crippen molar-refractivity contribution >= 4 is 23.0 Å². The lowest BCUT2D eigenvalue weighted by Gasteiger charge is -2.13. The van der Waals surface area contributed by atoms with E-state index in [0.29, 0.717) is 22.6 Å². The van der Waals surface area contributed by atoms with E-state index >= 15 is 0 Å². The van der Waals surface area contributed by atoms with Gasteiger partial charge in [0.15, 0.2) is 5.69 Å². The summed E-state index contributed by atoms with van der Waals surface area (Å²) in [5.41, 5.74) is 2.49. The molecule has 7 nitrogen and oxygen atoms in total. The van der Waals surface area contributed by atoms with E-state index in [2.05, 4.69) is 10.3 Å². The van der Waals surface area contributed by atoms with E-state index in [1.165, 1.54) is 0 Å². The third-order valence-corrected chi connectivity index (χ3v) is 4.95. The van der Waals surface area contributed by atoms with Crippen LogP contribution in [0.3, 0.4) is 0 Å². The molecule has 0 radical (unpaired) electrons. The lowest BCUT2D eigenvalue weighted by Crippen LogP contribution is -2.28. The van der Waals surface area contributed by atoms with Gasteiger partial charge >= 0.3 is 0 Å². The number of nitrogens with one attached hydrogen (secondary N) is 1. The van der Waals surface area contributed by atoms with Gasteiger partial charge in [0.2, 0.25) is 5.82 Å². The van der Waals surface area contributed by atoms with Crippen LogP contribution < -0.4 is 10.1 Å². The van der Waals surface area contributed by atoms with Gasteiger partial charge in [-0.05, 0) is 49.6 Å². The van der Waals surface area contributed by atoms with Crippen LogP contribution in [0.1, 0.15) is 39.5 Å². The monoisotopic (exact) mass is 378 g/mol. The molecule has 0 spiro atoms. The van der Waals surface area contributed by atoms with Gasteiger partial charge in [-0.3, -0.25) is 14.0 Å². The number of amides is 2. The van der Waals surface area contributed by atoms with E-state index in [1.807, 2.05) is 31.2 Å². The molecule has 0 bridgehead atoms. The van der Waals surface area contributed by atoms with Gasteiger partial charge in [0.1, 0.15) is 5.75 Å². The number of hydrogen-bond acceptors (Lipinski definition) is 4. The second-order valence-electron chi connectivity index (χ2n) is 6.90. The fraction of sp³-hybridized carbons (Fsp3) is 0.286. The van der Waals surface area contributed by atoms with E-state index < -0.39 is 5.91 Å². The molecule has 2 aromatic heterocycles. The van der Waals surface area contributed by atoms with Crippen molar-refractivity contribution < 1.29 is 14.3 Å². The van der Waals surface area contributed by atoms with Crippen LogP contribution in [0.15, 0.2) is 42.6 Å². The van der Waals surface area contributed by atoms with Crippen LogP contribution in [-0.4, -0.2) is 46.3 Å². The van der Waals surface area contributed by atoms with Gasteiger partial charge in [0, 0.05) is 19.3 Å². The number of hydrogen-bond donors (Lipinski definition) is 1. The molecule has 0 aliphatic carbocycles. The molecule has 0 unspecified atom stereocenters. The number of imidazole rings is 1. The van der Waals surface area contributed by atoms with Gasteiger partial charge in [-0.2, -0.15) is 0 Å². The van der Waals surface area contributed by atoms with E-state index in [0.717, 1.165) is 31.5 Å². The van der Waals surface area contributed by atoms with Crippen LogP contribution in [0.5, 0.6) is 5.75 Å². The summed E-state index contributed by atoms with van der Waals surface area (Å²) < 4.78 is 6.99. The largest absolute Gasteiger partial charge is 0.495 e. The van der Waals surface area contributed by atoms with Gasteiger partial charge in [-0.15, -0.1) is 0 Å². The molecule has 1 aliphatic rings. The molecule has 28 heavy (non-hydrogen) atoms. The Morgan fingerprint density at radius 1 is 1.14 bits per heavy atom. The number of fused-ring (bicyclic) bond motifs is 1. The lowest BCUT2D eigenvalue weighted by molar-refractivity contribution is 0.0789. The Morgan fingerprint density at radius 3 is 2.68 bits per heavy atom. The zero-order valence-electron chi connectivity index (χ0n) is 15.9. The first kappa shape index (κ1) is 18.0. The number of likely N-dealkylation sites (tertiary alicyclic amines) is 1. The molecule has 0 saturated carbocycles. The van der Waals surface area contributed by atoms with Crippen molar-refractivity contribution in [2.24, 2.45) is 0 Å². The van der Waals surface area contributed by atoms with Crippen LogP contribution >= 0.6 is 0 Å². The topological polar surface area (TPSA) is 75.9 Å². The van der Waals surface area contributed by atoms with E-state index in [4.69, 9.17) is 4.74 Å². The Bertz CT molecular complexity index is 1050. The molecule has 4 rings (SSSR count). The van der Waals surface area contributed by atoms with Gasteiger partial charge in [0.05, 0.1) is 18.3 Å². The van der Waals surface area contributed by atoms with Crippen LogP contribution in [0.2, 0.25) is 0 Å². The van der Waals surface area contributed by atoms with Gasteiger partial charge in [-0.1, -0.05) is 12.1 Å². The van der Waals surface area contributed by atoms with E-state index in [-0.39, 0.29) is 11.7 Å². The summed E-state index contributed by atoms with van der Waals surface area (Å²) in [6, 6.07) is 11.0. The number of benzene rings is 1. The summed E-state index contributed by atoms with van der Waals surface area (Å²) in [5.74, 6) is 0.203. The zero-order valence-corrected chi connectivity index (χ0v) is 15.9. The molecule has 1 fully saturated rings. The number of carbonyl (C=O) groups is 2. The third kappa shape index (κ3) is 3.19. The Morgan fingerprint density at radius 2 is 1.93 bits per heavy atom. The molecule has 1 aromatic carbocycles. The fourth-order valence-electron chi connectivity index (χ4n) is 3.52. The number of aromatic nitrogens is 2. The molecular weight excluding hydrogens is 356 g/mol. The highest BCUT2D eigenvalue weighted by Crippen LogP contribution is 2.26. The predicted octanol–water partition coefficient (Wildman–Crippen LogP) is 3.14. The van der Waals surface area contributed by atoms with Crippen LogP contribution in [-0.2, 0) is 0 Å². The summed E-state index contributed by atoms with van der Waals surface area (Å²) in [5, 5.41) is 2.86. The normalized spacial score (nSPS) is 13.7. The molecule has 7 heteroatoms. The summed E-state index contributed by atoms with van der Waals surface area (Å²) in [7, 11) is 1.55. The quantitative estimate of drug-likeness (QED) is 0.757. The van der Waals surface area contributed by atoms with Crippen molar-refractivity contribution in [2.75, 3.05) is 25.5 Å². The number of nitrogens with zero attached hydrogens (tertiary/aromatic N) is 3. The maximum absolute atomic E-state index is 13.0. The highest BCUT2D eigenvalue weighted by atomic mass is 16.5. The second kappa shape index (κ2) is 7.34. The van der Waals surface area contributed by atoms with Crippen molar-refractivity contribution in [3.8, 4) is 5.75 Å². The minimum Gasteiger partial charge on any atom is -0.495 e. The molecular formula is C21H22N4O3. The third-order valence-electron chi connectivity index (χ3n) is 4.95. The molecule has 144 valence electrons. The van der Waals surface area contributed by atoms with Crippen molar-refractivity contribution in [3.05, 3.63) is 59.7 Å². The molecule has 1 aliphatic heterocycles. The first-order valence-electron chi connectivity index (χ1n) is 9.31. The van der Waals surface area contributed by atoms with Crippen molar-refractivity contribution in [2.45, 2.75) is 19.8 Å². The fourth-order valence-corrected chi connectivity index (χ4v) is 3.52. The van der Waals surface area contributed by atoms with E-state index in [1.54, 1.807) is 34.7 Å². The molecule has 0 atom stereocenters. The molecule has 1 saturated heterocycles. The van der Waals surface area contributed by atoms with Gasteiger partial charge < -0.3 is 15.0 Å². The van der Waals surface area contributed by atoms with Crippen molar-refractivity contribution in [1.82, 2.24) is 14.3 Å². The first-order valence-corrected chi connectivity index (χ1v) is 9.31. The summed E-state index contributed by atoms with van der Waals surface area (Å²) in [4.78, 5) is 32.1. The number of carbonyl (C=O) groups excluding carboxylic acids is 2. The number of pyridine rings is 1. The van der Waals surface area contributed by atoms with Gasteiger partial charge in [-0.25, -0.2) is 4.98 Å². The van der Waals surface area contributed by atoms with E-state index in [9.17, 15) is 9.59 Å². The van der Waals surface area contributed by atoms with Crippen LogP contribution in [0, 0.1) is 6.92 Å². The summed E-state index contributed by atoms with van der Waals surface area (Å²) in [6.07, 6.45) is 3.74. The SMILES string of the molecule is COc1ccc(C)cc1NC(=O)c1nc(C(=O)N2CCCC2)c2ccccn12. The Hall–Kier alpha value is -3.35. The maximum Gasteiger partial charge on any atom is 0.292 e. The zero-order chi connectivity index (χ0) is 19.7.